The summed E-state index contributed by atoms with van der Waals surface area (Å²) in [6, 6.07) is -0.310. The SMILES string of the molecule is CC(CNCC(=O)O)SC(=O)[C@H](Cc1cnc[nH]1)NCCCCN. The fraction of sp³-hybridized carbons (Fsp3) is 0.667. The predicted octanol–water partition coefficient (Wildman–Crippen LogP) is -0.0282. The highest BCUT2D eigenvalue weighted by Crippen LogP contribution is 2.15. The summed E-state index contributed by atoms with van der Waals surface area (Å²) in [4.78, 5) is 30.0. The second kappa shape index (κ2) is 12.0. The van der Waals surface area contributed by atoms with Crippen molar-refractivity contribution < 1.29 is 14.7 Å². The molecule has 0 fully saturated rings. The Morgan fingerprint density at radius 3 is 2.88 bits per heavy atom. The van der Waals surface area contributed by atoms with E-state index in [1.54, 1.807) is 12.5 Å². The normalized spacial score (nSPS) is 13.6. The van der Waals surface area contributed by atoms with Gasteiger partial charge in [0.15, 0.2) is 0 Å². The molecule has 0 aromatic carbocycles. The molecule has 1 aromatic rings. The zero-order valence-electron chi connectivity index (χ0n) is 14.0. The molecule has 0 spiro atoms. The summed E-state index contributed by atoms with van der Waals surface area (Å²) < 4.78 is 0. The predicted molar refractivity (Wildman–Crippen MR) is 94.9 cm³/mol. The molecule has 136 valence electrons. The highest BCUT2D eigenvalue weighted by Gasteiger charge is 2.21. The van der Waals surface area contributed by atoms with Gasteiger partial charge < -0.3 is 26.5 Å². The van der Waals surface area contributed by atoms with E-state index in [4.69, 9.17) is 10.8 Å². The van der Waals surface area contributed by atoms with Crippen LogP contribution in [0.2, 0.25) is 0 Å². The van der Waals surface area contributed by atoms with Gasteiger partial charge >= 0.3 is 5.97 Å². The van der Waals surface area contributed by atoms with Crippen LogP contribution in [0, 0.1) is 0 Å². The number of thioether (sulfide) groups is 1. The van der Waals surface area contributed by atoms with Gasteiger partial charge in [0, 0.05) is 30.1 Å². The van der Waals surface area contributed by atoms with E-state index in [0.29, 0.717) is 19.5 Å². The molecule has 0 aliphatic heterocycles. The van der Waals surface area contributed by atoms with Crippen molar-refractivity contribution in [3.63, 3.8) is 0 Å². The lowest BCUT2D eigenvalue weighted by Gasteiger charge is -2.19. The molecule has 0 amide bonds. The zero-order chi connectivity index (χ0) is 17.8. The lowest BCUT2D eigenvalue weighted by atomic mass is 10.2. The van der Waals surface area contributed by atoms with E-state index in [1.807, 2.05) is 6.92 Å². The molecule has 0 aliphatic carbocycles. The topological polar surface area (TPSA) is 133 Å². The molecule has 1 unspecified atom stereocenters. The van der Waals surface area contributed by atoms with Crippen molar-refractivity contribution in [1.82, 2.24) is 20.6 Å². The molecular formula is C15H27N5O3S. The summed E-state index contributed by atoms with van der Waals surface area (Å²) in [7, 11) is 0. The Kier molecular flexibility index (Phi) is 10.3. The Morgan fingerprint density at radius 1 is 1.46 bits per heavy atom. The molecule has 0 aliphatic rings. The lowest BCUT2D eigenvalue weighted by Crippen LogP contribution is -2.39. The Morgan fingerprint density at radius 2 is 2.25 bits per heavy atom. The number of nitrogens with zero attached hydrogens (tertiary/aromatic N) is 1. The van der Waals surface area contributed by atoms with Gasteiger partial charge in [-0.3, -0.25) is 9.59 Å². The molecule has 1 heterocycles. The summed E-state index contributed by atoms with van der Waals surface area (Å²) in [5.41, 5.74) is 6.39. The number of H-pyrrole nitrogens is 1. The maximum absolute atomic E-state index is 12.5. The molecule has 0 saturated carbocycles. The van der Waals surface area contributed by atoms with Gasteiger partial charge in [-0.25, -0.2) is 4.98 Å². The second-order valence-electron chi connectivity index (χ2n) is 5.56. The van der Waals surface area contributed by atoms with E-state index in [2.05, 4.69) is 20.6 Å². The molecule has 6 N–H and O–H groups in total. The third-order valence-electron chi connectivity index (χ3n) is 3.31. The van der Waals surface area contributed by atoms with Gasteiger partial charge in [-0.2, -0.15) is 0 Å². The van der Waals surface area contributed by atoms with E-state index in [1.165, 1.54) is 11.8 Å². The third kappa shape index (κ3) is 9.02. The molecule has 2 atom stereocenters. The quantitative estimate of drug-likeness (QED) is 0.311. The molecule has 0 saturated heterocycles. The minimum Gasteiger partial charge on any atom is -0.480 e. The first-order valence-corrected chi connectivity index (χ1v) is 8.94. The van der Waals surface area contributed by atoms with Crippen molar-refractivity contribution >= 4 is 22.8 Å². The number of carboxylic acids is 1. The molecule has 0 bridgehead atoms. The van der Waals surface area contributed by atoms with Crippen LogP contribution in [0.3, 0.4) is 0 Å². The van der Waals surface area contributed by atoms with Crippen LogP contribution >= 0.6 is 11.8 Å². The number of hydrogen-bond acceptors (Lipinski definition) is 7. The molecule has 1 rings (SSSR count). The standard InChI is InChI=1S/C15H27N5O3S/c1-11(7-17-9-14(21)22)24-15(23)13(19-5-3-2-4-16)6-12-8-18-10-20-12/h8,10-11,13,17,19H,2-7,9,16H2,1H3,(H,18,20)(H,21,22)/t11?,13-/m0/s1. The van der Waals surface area contributed by atoms with Crippen LogP contribution in [-0.4, -0.2) is 63.6 Å². The van der Waals surface area contributed by atoms with E-state index in [0.717, 1.165) is 25.1 Å². The van der Waals surface area contributed by atoms with Crippen molar-refractivity contribution in [2.75, 3.05) is 26.2 Å². The number of hydrogen-bond donors (Lipinski definition) is 5. The number of aromatic amines is 1. The van der Waals surface area contributed by atoms with E-state index >= 15 is 0 Å². The summed E-state index contributed by atoms with van der Waals surface area (Å²) in [5.74, 6) is -0.905. The molecule has 8 nitrogen and oxygen atoms in total. The van der Waals surface area contributed by atoms with Crippen molar-refractivity contribution in [1.29, 1.82) is 0 Å². The maximum atomic E-state index is 12.5. The number of aliphatic carboxylic acids is 1. The van der Waals surface area contributed by atoms with Crippen molar-refractivity contribution in [3.8, 4) is 0 Å². The first kappa shape index (κ1) is 20.6. The number of nitrogens with two attached hydrogens (primary N) is 1. The van der Waals surface area contributed by atoms with Crippen molar-refractivity contribution in [3.05, 3.63) is 18.2 Å². The Bertz CT molecular complexity index is 483. The summed E-state index contributed by atoms with van der Waals surface area (Å²) >= 11 is 1.23. The Labute approximate surface area is 146 Å². The average molecular weight is 357 g/mol. The fourth-order valence-electron chi connectivity index (χ4n) is 2.11. The zero-order valence-corrected chi connectivity index (χ0v) is 14.8. The molecule has 0 radical (unpaired) electrons. The number of unbranched alkanes of at least 4 members (excludes halogenated alkanes) is 1. The van der Waals surface area contributed by atoms with E-state index in [9.17, 15) is 9.59 Å². The number of carbonyl (C=O) groups is 2. The van der Waals surface area contributed by atoms with Gasteiger partial charge in [0.25, 0.3) is 0 Å². The van der Waals surface area contributed by atoms with E-state index < -0.39 is 5.97 Å². The second-order valence-corrected chi connectivity index (χ2v) is 7.00. The summed E-state index contributed by atoms with van der Waals surface area (Å²) in [6.45, 7) is 3.63. The van der Waals surface area contributed by atoms with Gasteiger partial charge in [-0.15, -0.1) is 0 Å². The molecule has 1 aromatic heterocycles. The maximum Gasteiger partial charge on any atom is 0.317 e. The molecule has 24 heavy (non-hydrogen) atoms. The number of carbonyl (C=O) groups excluding carboxylic acids is 1. The van der Waals surface area contributed by atoms with E-state index in [-0.39, 0.29) is 23.0 Å². The third-order valence-corrected chi connectivity index (χ3v) is 4.40. The summed E-state index contributed by atoms with van der Waals surface area (Å²) in [6.07, 6.45) is 5.69. The van der Waals surface area contributed by atoms with Crippen LogP contribution in [0.15, 0.2) is 12.5 Å². The first-order chi connectivity index (χ1) is 11.5. The fourth-order valence-corrected chi connectivity index (χ4v) is 3.03. The van der Waals surface area contributed by atoms with Gasteiger partial charge in [-0.05, 0) is 25.9 Å². The highest BCUT2D eigenvalue weighted by molar-refractivity contribution is 8.14. The molecule has 9 heteroatoms. The Hall–Kier alpha value is -1.42. The van der Waals surface area contributed by atoms with Gasteiger partial charge in [0.1, 0.15) is 0 Å². The van der Waals surface area contributed by atoms with Gasteiger partial charge in [0.2, 0.25) is 5.12 Å². The summed E-state index contributed by atoms with van der Waals surface area (Å²) in [5, 5.41) is 14.7. The smallest absolute Gasteiger partial charge is 0.317 e. The lowest BCUT2D eigenvalue weighted by molar-refractivity contribution is -0.135. The van der Waals surface area contributed by atoms with Crippen LogP contribution in [0.25, 0.3) is 0 Å². The largest absolute Gasteiger partial charge is 0.480 e. The number of carboxylic acid groups (broad SMARTS) is 1. The van der Waals surface area contributed by atoms with Crippen LogP contribution in [0.5, 0.6) is 0 Å². The van der Waals surface area contributed by atoms with Crippen LogP contribution in [-0.2, 0) is 16.0 Å². The van der Waals surface area contributed by atoms with Gasteiger partial charge in [-0.1, -0.05) is 18.7 Å². The van der Waals surface area contributed by atoms with Crippen molar-refractivity contribution in [2.24, 2.45) is 5.73 Å². The van der Waals surface area contributed by atoms with Crippen LogP contribution in [0.4, 0.5) is 0 Å². The molecular weight excluding hydrogens is 330 g/mol. The average Bonchev–Trinajstić information content (AvgIpc) is 3.02. The van der Waals surface area contributed by atoms with Crippen LogP contribution < -0.4 is 16.4 Å². The van der Waals surface area contributed by atoms with Gasteiger partial charge in [0.05, 0.1) is 18.9 Å². The Balaban J connectivity index is 2.47. The number of rotatable bonds is 13. The highest BCUT2D eigenvalue weighted by atomic mass is 32.2. The van der Waals surface area contributed by atoms with Crippen molar-refractivity contribution in [2.45, 2.75) is 37.5 Å². The number of imidazole rings is 1. The van der Waals surface area contributed by atoms with Crippen LogP contribution in [0.1, 0.15) is 25.5 Å². The minimum absolute atomic E-state index is 0.00745. The number of nitrogens with one attached hydrogen (secondary N) is 3. The minimum atomic E-state index is -0.905. The first-order valence-electron chi connectivity index (χ1n) is 8.06. The monoisotopic (exact) mass is 357 g/mol. The number of aromatic nitrogens is 2.